The number of carbonyl (C=O) groups excluding carboxylic acids is 1. The van der Waals surface area contributed by atoms with Crippen molar-refractivity contribution in [2.24, 2.45) is 0 Å². The Labute approximate surface area is 169 Å². The van der Waals surface area contributed by atoms with Gasteiger partial charge in [0, 0.05) is 19.3 Å². The quantitative estimate of drug-likeness (QED) is 0.655. The molecule has 3 heterocycles. The van der Waals surface area contributed by atoms with Crippen molar-refractivity contribution >= 4 is 28.5 Å². The smallest absolute Gasteiger partial charge is 0.256 e. The van der Waals surface area contributed by atoms with Crippen LogP contribution in [-0.4, -0.2) is 45.8 Å². The second-order valence-electron chi connectivity index (χ2n) is 7.09. The molecule has 0 saturated carbocycles. The Morgan fingerprint density at radius 1 is 1.11 bits per heavy atom. The Bertz CT molecular complexity index is 1010. The fourth-order valence-corrected chi connectivity index (χ4v) is 4.06. The van der Waals surface area contributed by atoms with Gasteiger partial charge in [-0.2, -0.15) is 5.10 Å². The summed E-state index contributed by atoms with van der Waals surface area (Å²) in [5, 5.41) is 5.76. The molecule has 1 aliphatic rings. The molecule has 28 heavy (non-hydrogen) atoms. The number of nitrogens with zero attached hydrogens (tertiary/aromatic N) is 4. The molecule has 1 aliphatic heterocycles. The number of hydrogen-bond donors (Lipinski definition) is 0. The number of methoxy groups -OCH3 is 1. The van der Waals surface area contributed by atoms with Crippen molar-refractivity contribution in [2.45, 2.75) is 32.6 Å². The minimum atomic E-state index is -0.0436. The number of aromatic nitrogens is 3. The van der Waals surface area contributed by atoms with E-state index in [0.29, 0.717) is 16.2 Å². The van der Waals surface area contributed by atoms with Crippen LogP contribution in [0.15, 0.2) is 30.5 Å². The second kappa shape index (κ2) is 7.80. The first-order valence-electron chi connectivity index (χ1n) is 9.57. The Balaban J connectivity index is 1.75. The molecule has 1 amide bonds. The molecule has 0 bridgehead atoms. The molecule has 0 aliphatic carbocycles. The highest BCUT2D eigenvalue weighted by Crippen LogP contribution is 2.31. The van der Waals surface area contributed by atoms with E-state index in [2.05, 4.69) is 10.1 Å². The Morgan fingerprint density at radius 2 is 1.79 bits per heavy atom. The number of halogens is 1. The van der Waals surface area contributed by atoms with Crippen LogP contribution >= 0.6 is 11.6 Å². The van der Waals surface area contributed by atoms with E-state index in [-0.39, 0.29) is 5.91 Å². The van der Waals surface area contributed by atoms with Crippen LogP contribution in [0.1, 0.15) is 41.7 Å². The first kappa shape index (κ1) is 18.7. The number of fused-ring (bicyclic) bond motifs is 1. The van der Waals surface area contributed by atoms with Crippen molar-refractivity contribution in [1.29, 1.82) is 0 Å². The molecule has 0 N–H and O–H groups in total. The molecule has 0 radical (unpaired) electrons. The molecule has 0 atom stereocenters. The highest BCUT2D eigenvalue weighted by molar-refractivity contribution is 6.38. The molecule has 2 aromatic heterocycles. The summed E-state index contributed by atoms with van der Waals surface area (Å²) in [7, 11) is 1.63. The zero-order valence-corrected chi connectivity index (χ0v) is 16.9. The van der Waals surface area contributed by atoms with Gasteiger partial charge in [0.1, 0.15) is 5.75 Å². The summed E-state index contributed by atoms with van der Waals surface area (Å²) in [6, 6.07) is 7.57. The lowest BCUT2D eigenvalue weighted by Gasteiger charge is -2.20. The van der Waals surface area contributed by atoms with Crippen LogP contribution in [-0.2, 0) is 0 Å². The van der Waals surface area contributed by atoms with Crippen molar-refractivity contribution in [3.05, 3.63) is 46.7 Å². The summed E-state index contributed by atoms with van der Waals surface area (Å²) < 4.78 is 6.96. The van der Waals surface area contributed by atoms with Gasteiger partial charge in [-0.25, -0.2) is 9.67 Å². The van der Waals surface area contributed by atoms with E-state index in [1.807, 2.05) is 36.1 Å². The first-order valence-corrected chi connectivity index (χ1v) is 9.95. The Morgan fingerprint density at radius 3 is 2.43 bits per heavy atom. The van der Waals surface area contributed by atoms with Gasteiger partial charge in [0.25, 0.3) is 5.91 Å². The molecule has 6 nitrogen and oxygen atoms in total. The molecule has 4 rings (SSSR count). The molecule has 1 aromatic carbocycles. The van der Waals surface area contributed by atoms with Crippen molar-refractivity contribution < 1.29 is 9.53 Å². The highest BCUT2D eigenvalue weighted by atomic mass is 35.5. The third kappa shape index (κ3) is 3.33. The Hall–Kier alpha value is -2.60. The van der Waals surface area contributed by atoms with Gasteiger partial charge in [0.05, 0.1) is 34.5 Å². The summed E-state index contributed by atoms with van der Waals surface area (Å²) in [5.74, 6) is 0.728. The minimum absolute atomic E-state index is 0.0436. The number of ether oxygens (including phenoxy) is 1. The van der Waals surface area contributed by atoms with Gasteiger partial charge in [0.15, 0.2) is 5.65 Å². The molecule has 1 saturated heterocycles. The van der Waals surface area contributed by atoms with Crippen molar-refractivity contribution in [3.63, 3.8) is 0 Å². The maximum atomic E-state index is 13.0. The standard InChI is InChI=1S/C21H23ClN4O2/c1-14-18-19(22)17(21(27)25-11-5-3-4-6-12-25)13-23-20(18)26(24-14)15-7-9-16(28-2)10-8-15/h7-10,13H,3-6,11-12H2,1-2H3. The number of hydrogen-bond acceptors (Lipinski definition) is 4. The predicted octanol–water partition coefficient (Wildman–Crippen LogP) is 4.41. The minimum Gasteiger partial charge on any atom is -0.497 e. The third-order valence-corrected chi connectivity index (χ3v) is 5.64. The van der Waals surface area contributed by atoms with Gasteiger partial charge in [-0.3, -0.25) is 4.79 Å². The van der Waals surface area contributed by atoms with E-state index in [0.717, 1.165) is 48.4 Å². The summed E-state index contributed by atoms with van der Waals surface area (Å²) in [4.78, 5) is 19.5. The highest BCUT2D eigenvalue weighted by Gasteiger charge is 2.24. The van der Waals surface area contributed by atoms with Gasteiger partial charge in [-0.15, -0.1) is 0 Å². The van der Waals surface area contributed by atoms with Gasteiger partial charge >= 0.3 is 0 Å². The van der Waals surface area contributed by atoms with Crippen LogP contribution in [0.3, 0.4) is 0 Å². The fourth-order valence-electron chi connectivity index (χ4n) is 3.70. The predicted molar refractivity (Wildman–Crippen MR) is 110 cm³/mol. The maximum absolute atomic E-state index is 13.0. The number of aryl methyl sites for hydroxylation is 1. The molecule has 0 spiro atoms. The van der Waals surface area contributed by atoms with Crippen LogP contribution in [0.4, 0.5) is 0 Å². The second-order valence-corrected chi connectivity index (χ2v) is 7.46. The molecule has 0 unspecified atom stereocenters. The monoisotopic (exact) mass is 398 g/mol. The van der Waals surface area contributed by atoms with E-state index >= 15 is 0 Å². The van der Waals surface area contributed by atoms with Gasteiger partial charge < -0.3 is 9.64 Å². The fraction of sp³-hybridized carbons (Fsp3) is 0.381. The maximum Gasteiger partial charge on any atom is 0.256 e. The SMILES string of the molecule is COc1ccc(-n2nc(C)c3c(Cl)c(C(=O)N4CCCCCC4)cnc32)cc1. The molecular formula is C21H23ClN4O2. The molecule has 7 heteroatoms. The molecular weight excluding hydrogens is 376 g/mol. The number of amides is 1. The van der Waals surface area contributed by atoms with Crippen LogP contribution in [0.5, 0.6) is 5.75 Å². The first-order chi connectivity index (χ1) is 13.6. The van der Waals surface area contributed by atoms with E-state index in [1.165, 1.54) is 12.8 Å². The molecule has 1 fully saturated rings. The van der Waals surface area contributed by atoms with E-state index in [9.17, 15) is 4.79 Å². The van der Waals surface area contributed by atoms with Crippen LogP contribution < -0.4 is 4.74 Å². The van der Waals surface area contributed by atoms with Crippen LogP contribution in [0.2, 0.25) is 5.02 Å². The van der Waals surface area contributed by atoms with Crippen molar-refractivity contribution in [3.8, 4) is 11.4 Å². The number of likely N-dealkylation sites (tertiary alicyclic amines) is 1. The molecule has 3 aromatic rings. The zero-order chi connectivity index (χ0) is 19.7. The average molecular weight is 399 g/mol. The Kier molecular flexibility index (Phi) is 5.22. The normalized spacial score (nSPS) is 14.9. The lowest BCUT2D eigenvalue weighted by molar-refractivity contribution is 0.0761. The van der Waals surface area contributed by atoms with E-state index in [1.54, 1.807) is 18.0 Å². The summed E-state index contributed by atoms with van der Waals surface area (Å²) in [6.07, 6.45) is 5.99. The van der Waals surface area contributed by atoms with Crippen LogP contribution in [0.25, 0.3) is 16.7 Å². The summed E-state index contributed by atoms with van der Waals surface area (Å²) >= 11 is 6.69. The summed E-state index contributed by atoms with van der Waals surface area (Å²) in [6.45, 7) is 3.44. The lowest BCUT2D eigenvalue weighted by Crippen LogP contribution is -2.32. The van der Waals surface area contributed by atoms with E-state index in [4.69, 9.17) is 16.3 Å². The topological polar surface area (TPSA) is 60.3 Å². The van der Waals surface area contributed by atoms with Gasteiger partial charge in [0.2, 0.25) is 0 Å². The van der Waals surface area contributed by atoms with Crippen molar-refractivity contribution in [1.82, 2.24) is 19.7 Å². The number of rotatable bonds is 3. The van der Waals surface area contributed by atoms with E-state index < -0.39 is 0 Å². The van der Waals surface area contributed by atoms with Gasteiger partial charge in [-0.05, 0) is 44.0 Å². The van der Waals surface area contributed by atoms with Crippen LogP contribution in [0, 0.1) is 6.92 Å². The third-order valence-electron chi connectivity index (χ3n) is 5.25. The summed E-state index contributed by atoms with van der Waals surface area (Å²) in [5.41, 5.74) is 2.69. The number of carbonyl (C=O) groups is 1. The lowest BCUT2D eigenvalue weighted by atomic mass is 10.1. The average Bonchev–Trinajstić information content (AvgIpc) is 2.88. The van der Waals surface area contributed by atoms with Crippen molar-refractivity contribution in [2.75, 3.05) is 20.2 Å². The zero-order valence-electron chi connectivity index (χ0n) is 16.1. The molecule has 146 valence electrons. The number of pyridine rings is 1. The van der Waals surface area contributed by atoms with Gasteiger partial charge in [-0.1, -0.05) is 24.4 Å². The number of benzene rings is 1. The largest absolute Gasteiger partial charge is 0.497 e.